The topological polar surface area (TPSA) is 107 Å². The Hall–Kier alpha value is -3.55. The minimum absolute atomic E-state index is 0.0757. The molecule has 28 heavy (non-hydrogen) atoms. The number of amides is 1. The van der Waals surface area contributed by atoms with E-state index in [2.05, 4.69) is 15.0 Å². The fourth-order valence-electron chi connectivity index (χ4n) is 3.55. The minimum atomic E-state index is -0.454. The minimum Gasteiger partial charge on any atom is -0.368 e. The smallest absolute Gasteiger partial charge is 0.347 e. The van der Waals surface area contributed by atoms with Gasteiger partial charge in [-0.2, -0.15) is 0 Å². The molecule has 0 saturated carbocycles. The Morgan fingerprint density at radius 1 is 1.29 bits per heavy atom. The molecule has 0 spiro atoms. The maximum absolute atomic E-state index is 12.9. The van der Waals surface area contributed by atoms with Crippen LogP contribution in [0, 0.1) is 6.92 Å². The Balaban J connectivity index is 1.69. The van der Waals surface area contributed by atoms with E-state index in [4.69, 9.17) is 5.73 Å². The van der Waals surface area contributed by atoms with E-state index < -0.39 is 5.69 Å². The fourth-order valence-corrected chi connectivity index (χ4v) is 3.55. The van der Waals surface area contributed by atoms with Crippen molar-refractivity contribution in [3.63, 3.8) is 0 Å². The molecule has 3 heterocycles. The van der Waals surface area contributed by atoms with Gasteiger partial charge in [0.25, 0.3) is 0 Å². The molecule has 1 aliphatic rings. The molecule has 4 rings (SSSR count). The van der Waals surface area contributed by atoms with Crippen LogP contribution in [0.25, 0.3) is 11.3 Å². The van der Waals surface area contributed by atoms with Crippen LogP contribution < -0.4 is 11.4 Å². The molecule has 8 nitrogen and oxygen atoms in total. The molecule has 1 amide bonds. The SMILES string of the molecule is Cc1cccc(-c2nc(N)nc3c2CN(C(=O)Cn2cccnc2=O)[C@@H]3C)c1. The van der Waals surface area contributed by atoms with E-state index in [-0.39, 0.29) is 24.4 Å². The number of fused-ring (bicyclic) bond motifs is 1. The Morgan fingerprint density at radius 2 is 2.11 bits per heavy atom. The van der Waals surface area contributed by atoms with Crippen molar-refractivity contribution >= 4 is 11.9 Å². The summed E-state index contributed by atoms with van der Waals surface area (Å²) in [5.41, 5.74) is 9.93. The lowest BCUT2D eigenvalue weighted by atomic mass is 10.0. The molecule has 0 aliphatic carbocycles. The Labute approximate surface area is 161 Å². The van der Waals surface area contributed by atoms with Gasteiger partial charge >= 0.3 is 5.69 Å². The summed E-state index contributed by atoms with van der Waals surface area (Å²) in [5, 5.41) is 0. The molecule has 0 unspecified atom stereocenters. The van der Waals surface area contributed by atoms with E-state index >= 15 is 0 Å². The highest BCUT2D eigenvalue weighted by molar-refractivity contribution is 5.78. The zero-order valence-corrected chi connectivity index (χ0v) is 15.7. The van der Waals surface area contributed by atoms with Crippen LogP contribution in [0.4, 0.5) is 5.95 Å². The molecule has 3 aromatic rings. The monoisotopic (exact) mass is 376 g/mol. The summed E-state index contributed by atoms with van der Waals surface area (Å²) >= 11 is 0. The van der Waals surface area contributed by atoms with Gasteiger partial charge in [0.05, 0.1) is 24.0 Å². The van der Waals surface area contributed by atoms with Crippen molar-refractivity contribution < 1.29 is 4.79 Å². The highest BCUT2D eigenvalue weighted by Gasteiger charge is 2.34. The quantitative estimate of drug-likeness (QED) is 0.745. The predicted octanol–water partition coefficient (Wildman–Crippen LogP) is 1.69. The number of benzene rings is 1. The number of aromatic nitrogens is 4. The van der Waals surface area contributed by atoms with Gasteiger partial charge in [-0.3, -0.25) is 9.36 Å². The van der Waals surface area contributed by atoms with E-state index in [0.717, 1.165) is 28.1 Å². The lowest BCUT2D eigenvalue weighted by Crippen LogP contribution is -2.35. The molecule has 0 fully saturated rings. The molecule has 0 bridgehead atoms. The van der Waals surface area contributed by atoms with Gasteiger partial charge in [-0.05, 0) is 26.0 Å². The van der Waals surface area contributed by atoms with Crippen LogP contribution in [0.3, 0.4) is 0 Å². The van der Waals surface area contributed by atoms with Gasteiger partial charge in [-0.15, -0.1) is 0 Å². The van der Waals surface area contributed by atoms with Gasteiger partial charge in [0, 0.05) is 23.5 Å². The molecular formula is C20H20N6O2. The summed E-state index contributed by atoms with van der Waals surface area (Å²) in [6.45, 7) is 4.21. The molecule has 2 aromatic heterocycles. The van der Waals surface area contributed by atoms with Gasteiger partial charge in [0.1, 0.15) is 6.54 Å². The molecule has 1 aromatic carbocycles. The van der Waals surface area contributed by atoms with E-state index in [9.17, 15) is 9.59 Å². The first kappa shape index (κ1) is 17.8. The average molecular weight is 376 g/mol. The number of carbonyl (C=O) groups is 1. The van der Waals surface area contributed by atoms with Crippen molar-refractivity contribution in [3.8, 4) is 11.3 Å². The first-order valence-corrected chi connectivity index (χ1v) is 8.98. The molecular weight excluding hydrogens is 356 g/mol. The third kappa shape index (κ3) is 3.13. The van der Waals surface area contributed by atoms with Crippen LogP contribution in [0.15, 0.2) is 47.5 Å². The first-order valence-electron chi connectivity index (χ1n) is 8.98. The highest BCUT2D eigenvalue weighted by atomic mass is 16.2. The highest BCUT2D eigenvalue weighted by Crippen LogP contribution is 2.37. The van der Waals surface area contributed by atoms with Crippen LogP contribution >= 0.6 is 0 Å². The van der Waals surface area contributed by atoms with E-state index in [1.54, 1.807) is 17.2 Å². The van der Waals surface area contributed by atoms with Crippen molar-refractivity contribution in [2.24, 2.45) is 0 Å². The number of nitrogens with zero attached hydrogens (tertiary/aromatic N) is 5. The van der Waals surface area contributed by atoms with Crippen molar-refractivity contribution in [2.75, 3.05) is 5.73 Å². The number of hydrogen-bond acceptors (Lipinski definition) is 6. The lowest BCUT2D eigenvalue weighted by Gasteiger charge is -2.21. The first-order chi connectivity index (χ1) is 13.4. The maximum atomic E-state index is 12.9. The fraction of sp³-hybridized carbons (Fsp3) is 0.250. The molecule has 142 valence electrons. The molecule has 1 atom stereocenters. The van der Waals surface area contributed by atoms with E-state index in [0.29, 0.717) is 6.54 Å². The third-order valence-corrected chi connectivity index (χ3v) is 4.95. The number of carbonyl (C=O) groups excluding carboxylic acids is 1. The maximum Gasteiger partial charge on any atom is 0.347 e. The van der Waals surface area contributed by atoms with Gasteiger partial charge < -0.3 is 10.6 Å². The average Bonchev–Trinajstić information content (AvgIpc) is 3.00. The van der Waals surface area contributed by atoms with Crippen molar-refractivity contribution in [1.29, 1.82) is 0 Å². The Morgan fingerprint density at radius 3 is 2.86 bits per heavy atom. The number of anilines is 1. The third-order valence-electron chi connectivity index (χ3n) is 4.95. The van der Waals surface area contributed by atoms with Gasteiger partial charge in [0.15, 0.2) is 0 Å². The molecule has 0 radical (unpaired) electrons. The van der Waals surface area contributed by atoms with Crippen LogP contribution in [-0.2, 0) is 17.9 Å². The standard InChI is InChI=1S/C20H20N6O2/c1-12-5-3-6-14(9-12)18-15-10-26(13(2)17(15)23-19(21)24-18)16(27)11-25-8-4-7-22-20(25)28/h3-9,13H,10-11H2,1-2H3,(H2,21,23,24)/t13-/m1/s1. The van der Waals surface area contributed by atoms with Gasteiger partial charge in [-0.25, -0.2) is 19.7 Å². The zero-order valence-electron chi connectivity index (χ0n) is 15.7. The Kier molecular flexibility index (Phi) is 4.38. The van der Waals surface area contributed by atoms with Gasteiger partial charge in [0.2, 0.25) is 11.9 Å². The van der Waals surface area contributed by atoms with Crippen molar-refractivity contribution in [1.82, 2.24) is 24.4 Å². The number of aryl methyl sites for hydroxylation is 1. The second kappa shape index (κ2) is 6.88. The zero-order chi connectivity index (χ0) is 19.8. The van der Waals surface area contributed by atoms with Crippen LogP contribution in [0.5, 0.6) is 0 Å². The van der Waals surface area contributed by atoms with Crippen molar-refractivity contribution in [3.05, 3.63) is 70.0 Å². The van der Waals surface area contributed by atoms with Crippen LogP contribution in [0.2, 0.25) is 0 Å². The van der Waals surface area contributed by atoms with Crippen LogP contribution in [-0.4, -0.2) is 30.3 Å². The molecule has 1 aliphatic heterocycles. The molecule has 2 N–H and O–H groups in total. The predicted molar refractivity (Wildman–Crippen MR) is 104 cm³/mol. The van der Waals surface area contributed by atoms with Crippen LogP contribution in [0.1, 0.15) is 29.8 Å². The van der Waals surface area contributed by atoms with E-state index in [1.165, 1.54) is 10.8 Å². The van der Waals surface area contributed by atoms with Gasteiger partial charge in [-0.1, -0.05) is 23.8 Å². The summed E-state index contributed by atoms with van der Waals surface area (Å²) in [5.74, 6) is -0.00533. The number of rotatable bonds is 3. The summed E-state index contributed by atoms with van der Waals surface area (Å²) in [6.07, 6.45) is 2.96. The Bertz CT molecular complexity index is 1120. The normalized spacial score (nSPS) is 15.5. The number of hydrogen-bond donors (Lipinski definition) is 1. The number of nitrogen functional groups attached to an aromatic ring is 1. The molecule has 0 saturated heterocycles. The summed E-state index contributed by atoms with van der Waals surface area (Å²) in [4.78, 5) is 38.9. The summed E-state index contributed by atoms with van der Waals surface area (Å²) in [7, 11) is 0. The van der Waals surface area contributed by atoms with Crippen molar-refractivity contribution in [2.45, 2.75) is 33.0 Å². The molecule has 8 heteroatoms. The van der Waals surface area contributed by atoms with E-state index in [1.807, 2.05) is 38.1 Å². The second-order valence-electron chi connectivity index (χ2n) is 6.89. The number of nitrogens with two attached hydrogens (primary N) is 1. The summed E-state index contributed by atoms with van der Waals surface area (Å²) in [6, 6.07) is 9.35. The lowest BCUT2D eigenvalue weighted by molar-refractivity contribution is -0.134. The largest absolute Gasteiger partial charge is 0.368 e. The summed E-state index contributed by atoms with van der Waals surface area (Å²) < 4.78 is 1.29. The second-order valence-corrected chi connectivity index (χ2v) is 6.89.